The number of anilines is 1. The van der Waals surface area contributed by atoms with E-state index in [1.165, 1.54) is 27.6 Å². The van der Waals surface area contributed by atoms with Gasteiger partial charge in [0.25, 0.3) is 5.91 Å². The van der Waals surface area contributed by atoms with Gasteiger partial charge >= 0.3 is 0 Å². The van der Waals surface area contributed by atoms with Crippen LogP contribution >= 0.6 is 22.7 Å². The van der Waals surface area contributed by atoms with Crippen LogP contribution in [-0.2, 0) is 4.79 Å². The lowest BCUT2D eigenvalue weighted by Crippen LogP contribution is -2.31. The second kappa shape index (κ2) is 8.90. The molecule has 5 rings (SSSR count). The van der Waals surface area contributed by atoms with Gasteiger partial charge in [0.2, 0.25) is 5.78 Å². The van der Waals surface area contributed by atoms with E-state index in [1.807, 2.05) is 57.2 Å². The van der Waals surface area contributed by atoms with E-state index in [-0.39, 0.29) is 5.57 Å². The summed E-state index contributed by atoms with van der Waals surface area (Å²) in [4.78, 5) is 38.1. The van der Waals surface area contributed by atoms with Crippen LogP contribution < -0.4 is 9.64 Å². The summed E-state index contributed by atoms with van der Waals surface area (Å²) in [6.07, 6.45) is 0. The Hall–Kier alpha value is -3.56. The average Bonchev–Trinajstić information content (AvgIpc) is 3.47. The summed E-state index contributed by atoms with van der Waals surface area (Å²) in [7, 11) is 0. The first-order chi connectivity index (χ1) is 16.8. The van der Waals surface area contributed by atoms with E-state index in [4.69, 9.17) is 4.74 Å². The third-order valence-electron chi connectivity index (χ3n) is 5.79. The zero-order chi connectivity index (χ0) is 24.9. The number of amides is 1. The van der Waals surface area contributed by atoms with Crippen LogP contribution in [0.4, 0.5) is 5.13 Å². The van der Waals surface area contributed by atoms with Gasteiger partial charge in [-0.1, -0.05) is 29.5 Å². The number of hydrogen-bond donors (Lipinski definition) is 1. The molecule has 1 aliphatic heterocycles. The largest absolute Gasteiger partial charge is 0.503 e. The van der Waals surface area contributed by atoms with Gasteiger partial charge in [-0.3, -0.25) is 14.5 Å². The fourth-order valence-corrected chi connectivity index (χ4v) is 6.24. The molecule has 1 unspecified atom stereocenters. The molecule has 2 aromatic carbocycles. The van der Waals surface area contributed by atoms with Gasteiger partial charge in [0.1, 0.15) is 5.75 Å². The van der Waals surface area contributed by atoms with Gasteiger partial charge in [0.15, 0.2) is 10.9 Å². The molecule has 0 bridgehead atoms. The van der Waals surface area contributed by atoms with Crippen LogP contribution in [0.15, 0.2) is 53.8 Å². The number of ether oxygens (including phenoxy) is 1. The number of Topliss-reactive ketones (excluding diaryl/α,β-unsaturated/α-hetero) is 1. The molecule has 0 aliphatic carbocycles. The Kier molecular flexibility index (Phi) is 5.90. The molecule has 35 heavy (non-hydrogen) atoms. The van der Waals surface area contributed by atoms with Gasteiger partial charge in [0, 0.05) is 0 Å². The summed E-state index contributed by atoms with van der Waals surface area (Å²) >= 11 is 2.60. The molecule has 3 heterocycles. The predicted molar refractivity (Wildman–Crippen MR) is 138 cm³/mol. The highest BCUT2D eigenvalue weighted by molar-refractivity contribution is 7.22. The Morgan fingerprint density at radius 1 is 1.11 bits per heavy atom. The fraction of sp³-hybridized carbons (Fsp3) is 0.231. The maximum Gasteiger partial charge on any atom is 0.296 e. The molecule has 2 aromatic heterocycles. The van der Waals surface area contributed by atoms with Crippen LogP contribution in [0.25, 0.3) is 10.2 Å². The first kappa shape index (κ1) is 23.2. The minimum atomic E-state index is -0.862. The minimum Gasteiger partial charge on any atom is -0.503 e. The number of ketones is 1. The van der Waals surface area contributed by atoms with E-state index in [0.717, 1.165) is 20.8 Å². The lowest BCUT2D eigenvalue weighted by Gasteiger charge is -2.24. The van der Waals surface area contributed by atoms with Gasteiger partial charge in [0.05, 0.1) is 44.0 Å². The van der Waals surface area contributed by atoms with Crippen LogP contribution in [0, 0.1) is 20.8 Å². The highest BCUT2D eigenvalue weighted by atomic mass is 32.1. The number of carbonyl (C=O) groups excluding carboxylic acids is 2. The monoisotopic (exact) mass is 505 g/mol. The quantitative estimate of drug-likeness (QED) is 0.330. The number of carbonyl (C=O) groups is 2. The Morgan fingerprint density at radius 2 is 1.91 bits per heavy atom. The number of aliphatic hydroxyl groups excluding tert-OH is 1. The van der Waals surface area contributed by atoms with Crippen molar-refractivity contribution in [2.45, 2.75) is 33.7 Å². The number of aryl methyl sites for hydroxylation is 3. The molecule has 178 valence electrons. The maximum atomic E-state index is 13.8. The predicted octanol–water partition coefficient (Wildman–Crippen LogP) is 5.86. The van der Waals surface area contributed by atoms with Crippen molar-refractivity contribution in [1.29, 1.82) is 0 Å². The maximum absolute atomic E-state index is 13.8. The first-order valence-electron chi connectivity index (χ1n) is 11.1. The summed E-state index contributed by atoms with van der Waals surface area (Å²) in [6.45, 7) is 7.92. The van der Waals surface area contributed by atoms with Crippen LogP contribution in [0.5, 0.6) is 5.75 Å². The Balaban J connectivity index is 1.69. The van der Waals surface area contributed by atoms with Crippen molar-refractivity contribution in [2.75, 3.05) is 11.5 Å². The Morgan fingerprint density at radius 3 is 2.63 bits per heavy atom. The van der Waals surface area contributed by atoms with Crippen LogP contribution in [0.3, 0.4) is 0 Å². The number of rotatable bonds is 6. The van der Waals surface area contributed by atoms with E-state index in [2.05, 4.69) is 9.97 Å². The number of nitrogens with zero attached hydrogens (tertiary/aromatic N) is 3. The van der Waals surface area contributed by atoms with Crippen molar-refractivity contribution < 1.29 is 19.4 Å². The SMILES string of the molecule is CCOc1cccc(C2C(C(=O)c3sc(C)nc3C)=C(O)C(=O)N2c2nc3ccc(C)cc3s2)c1. The van der Waals surface area contributed by atoms with Crippen molar-refractivity contribution in [2.24, 2.45) is 0 Å². The number of benzene rings is 2. The standard InChI is InChI=1S/C26H23N3O4S2/c1-5-33-17-8-6-7-16(12-17)21-20(22(30)24-14(3)27-15(4)34-24)23(31)25(32)29(21)26-28-18-10-9-13(2)11-19(18)35-26/h6-12,21,31H,5H2,1-4H3. The summed E-state index contributed by atoms with van der Waals surface area (Å²) in [5, 5.41) is 12.2. The molecule has 1 aliphatic rings. The van der Waals surface area contributed by atoms with Gasteiger partial charge in [-0.25, -0.2) is 9.97 Å². The third-order valence-corrected chi connectivity index (χ3v) is 7.88. The fourth-order valence-electron chi connectivity index (χ4n) is 4.28. The summed E-state index contributed by atoms with van der Waals surface area (Å²) in [5.74, 6) is -1.02. The third kappa shape index (κ3) is 4.00. The summed E-state index contributed by atoms with van der Waals surface area (Å²) < 4.78 is 6.60. The molecule has 0 radical (unpaired) electrons. The molecule has 1 N–H and O–H groups in total. The first-order valence-corrected chi connectivity index (χ1v) is 12.8. The summed E-state index contributed by atoms with van der Waals surface area (Å²) in [6, 6.07) is 12.2. The van der Waals surface area contributed by atoms with E-state index in [0.29, 0.717) is 33.6 Å². The molecule has 0 fully saturated rings. The molecular formula is C26H23N3O4S2. The molecule has 0 saturated carbocycles. The van der Waals surface area contributed by atoms with Crippen LogP contribution in [-0.4, -0.2) is 33.4 Å². The number of fused-ring (bicyclic) bond motifs is 1. The lowest BCUT2D eigenvalue weighted by atomic mass is 9.95. The normalized spacial score (nSPS) is 15.9. The van der Waals surface area contributed by atoms with Crippen molar-refractivity contribution in [3.05, 3.63) is 80.5 Å². The van der Waals surface area contributed by atoms with E-state index < -0.39 is 23.5 Å². The Bertz CT molecular complexity index is 1520. The number of aliphatic hydroxyl groups is 1. The average molecular weight is 506 g/mol. The highest BCUT2D eigenvalue weighted by Gasteiger charge is 2.46. The molecule has 4 aromatic rings. The molecule has 0 spiro atoms. The van der Waals surface area contributed by atoms with Crippen molar-refractivity contribution in [1.82, 2.24) is 9.97 Å². The zero-order valence-electron chi connectivity index (χ0n) is 19.7. The molecule has 1 atom stereocenters. The van der Waals surface area contributed by atoms with E-state index >= 15 is 0 Å². The minimum absolute atomic E-state index is 0.0193. The van der Waals surface area contributed by atoms with Crippen molar-refractivity contribution in [3.8, 4) is 5.75 Å². The topological polar surface area (TPSA) is 92.6 Å². The second-order valence-corrected chi connectivity index (χ2v) is 10.5. The molecular weight excluding hydrogens is 482 g/mol. The van der Waals surface area contributed by atoms with Crippen molar-refractivity contribution >= 4 is 49.7 Å². The van der Waals surface area contributed by atoms with Gasteiger partial charge in [-0.15, -0.1) is 11.3 Å². The second-order valence-electron chi connectivity index (χ2n) is 8.29. The molecule has 7 nitrogen and oxygen atoms in total. The van der Waals surface area contributed by atoms with Gasteiger partial charge in [-0.2, -0.15) is 0 Å². The highest BCUT2D eigenvalue weighted by Crippen LogP contribution is 2.45. The molecule has 1 amide bonds. The van der Waals surface area contributed by atoms with E-state index in [9.17, 15) is 14.7 Å². The number of thiazole rings is 2. The smallest absolute Gasteiger partial charge is 0.296 e. The van der Waals surface area contributed by atoms with Crippen LogP contribution in [0.2, 0.25) is 0 Å². The lowest BCUT2D eigenvalue weighted by molar-refractivity contribution is -0.117. The van der Waals surface area contributed by atoms with Crippen LogP contribution in [0.1, 0.15) is 44.5 Å². The summed E-state index contributed by atoms with van der Waals surface area (Å²) in [5.41, 5.74) is 3.06. The van der Waals surface area contributed by atoms with E-state index in [1.54, 1.807) is 13.0 Å². The Labute approximate surface area is 210 Å². The van der Waals surface area contributed by atoms with Crippen molar-refractivity contribution in [3.63, 3.8) is 0 Å². The van der Waals surface area contributed by atoms with Gasteiger partial charge < -0.3 is 9.84 Å². The zero-order valence-corrected chi connectivity index (χ0v) is 21.3. The molecule has 0 saturated heterocycles. The number of aromatic nitrogens is 2. The number of hydrogen-bond acceptors (Lipinski definition) is 8. The molecule has 9 heteroatoms. The van der Waals surface area contributed by atoms with Gasteiger partial charge in [-0.05, 0) is 63.1 Å².